The molecule has 0 N–H and O–H groups in total. The molecule has 1 aromatic carbocycles. The molecule has 0 aliphatic carbocycles. The van der Waals surface area contributed by atoms with Crippen molar-refractivity contribution in [3.63, 3.8) is 0 Å². The predicted octanol–water partition coefficient (Wildman–Crippen LogP) is 4.38. The SMILES string of the molecule is CC(c1nc2ccccc2s1)N(C)C(=O)c1cc(-c2ccco2)on1. The van der Waals surface area contributed by atoms with Gasteiger partial charge in [0, 0.05) is 13.1 Å². The summed E-state index contributed by atoms with van der Waals surface area (Å²) in [5.41, 5.74) is 1.18. The van der Waals surface area contributed by atoms with Crippen LogP contribution in [0.25, 0.3) is 21.7 Å². The molecule has 4 aromatic rings. The van der Waals surface area contributed by atoms with Gasteiger partial charge in [0.25, 0.3) is 5.91 Å². The number of amides is 1. The van der Waals surface area contributed by atoms with Gasteiger partial charge in [-0.3, -0.25) is 4.79 Å². The van der Waals surface area contributed by atoms with E-state index < -0.39 is 0 Å². The number of thiazole rings is 1. The van der Waals surface area contributed by atoms with E-state index in [-0.39, 0.29) is 17.6 Å². The van der Waals surface area contributed by atoms with Crippen LogP contribution in [0.15, 0.2) is 57.7 Å². The van der Waals surface area contributed by atoms with Crippen LogP contribution in [0.1, 0.15) is 28.5 Å². The number of rotatable bonds is 4. The van der Waals surface area contributed by atoms with Gasteiger partial charge in [-0.05, 0) is 31.2 Å². The molecule has 1 amide bonds. The maximum atomic E-state index is 12.7. The molecule has 126 valence electrons. The summed E-state index contributed by atoms with van der Waals surface area (Å²) < 4.78 is 11.6. The van der Waals surface area contributed by atoms with Crippen LogP contribution in [0.3, 0.4) is 0 Å². The lowest BCUT2D eigenvalue weighted by molar-refractivity contribution is 0.0732. The molecule has 3 heterocycles. The van der Waals surface area contributed by atoms with Gasteiger partial charge in [-0.1, -0.05) is 17.3 Å². The molecule has 0 bridgehead atoms. The van der Waals surface area contributed by atoms with E-state index in [1.807, 2.05) is 31.2 Å². The molecule has 6 nitrogen and oxygen atoms in total. The molecule has 7 heteroatoms. The number of fused-ring (bicyclic) bond motifs is 1. The minimum atomic E-state index is -0.228. The zero-order chi connectivity index (χ0) is 17.4. The Labute approximate surface area is 147 Å². The molecule has 25 heavy (non-hydrogen) atoms. The topological polar surface area (TPSA) is 72.4 Å². The Morgan fingerprint density at radius 1 is 1.20 bits per heavy atom. The van der Waals surface area contributed by atoms with E-state index in [9.17, 15) is 4.79 Å². The largest absolute Gasteiger partial charge is 0.461 e. The Bertz CT molecular complexity index is 986. The highest BCUT2D eigenvalue weighted by molar-refractivity contribution is 7.18. The summed E-state index contributed by atoms with van der Waals surface area (Å²) in [5.74, 6) is 0.733. The number of benzene rings is 1. The van der Waals surface area contributed by atoms with E-state index in [4.69, 9.17) is 8.94 Å². The summed E-state index contributed by atoms with van der Waals surface area (Å²) in [6.07, 6.45) is 1.54. The molecule has 4 rings (SSSR count). The van der Waals surface area contributed by atoms with Crippen molar-refractivity contribution in [1.82, 2.24) is 15.0 Å². The number of para-hydroxylation sites is 1. The van der Waals surface area contributed by atoms with Gasteiger partial charge < -0.3 is 13.8 Å². The zero-order valence-electron chi connectivity index (χ0n) is 13.7. The lowest BCUT2D eigenvalue weighted by Gasteiger charge is -2.21. The van der Waals surface area contributed by atoms with Gasteiger partial charge in [0.15, 0.2) is 11.5 Å². The van der Waals surface area contributed by atoms with Crippen molar-refractivity contribution in [3.8, 4) is 11.5 Å². The Kier molecular flexibility index (Phi) is 3.85. The van der Waals surface area contributed by atoms with Crippen molar-refractivity contribution < 1.29 is 13.7 Å². The summed E-state index contributed by atoms with van der Waals surface area (Å²) in [6.45, 7) is 1.95. The second kappa shape index (κ2) is 6.18. The van der Waals surface area contributed by atoms with Crippen LogP contribution in [-0.4, -0.2) is 28.0 Å². The van der Waals surface area contributed by atoms with Gasteiger partial charge >= 0.3 is 0 Å². The fourth-order valence-corrected chi connectivity index (χ4v) is 3.56. The van der Waals surface area contributed by atoms with E-state index in [2.05, 4.69) is 10.1 Å². The molecule has 0 aliphatic rings. The summed E-state index contributed by atoms with van der Waals surface area (Å²) >= 11 is 1.59. The summed E-state index contributed by atoms with van der Waals surface area (Å²) in [5, 5.41) is 4.75. The number of hydrogen-bond acceptors (Lipinski definition) is 6. The minimum Gasteiger partial charge on any atom is -0.461 e. The molecule has 3 aromatic heterocycles. The maximum Gasteiger partial charge on any atom is 0.276 e. The first-order valence-corrected chi connectivity index (χ1v) is 8.58. The van der Waals surface area contributed by atoms with E-state index in [0.29, 0.717) is 11.5 Å². The molecule has 0 saturated heterocycles. The van der Waals surface area contributed by atoms with Gasteiger partial charge in [-0.15, -0.1) is 11.3 Å². The molecule has 0 fully saturated rings. The second-order valence-corrected chi connectivity index (χ2v) is 6.73. The third kappa shape index (κ3) is 2.83. The van der Waals surface area contributed by atoms with Crippen LogP contribution in [0.4, 0.5) is 0 Å². The van der Waals surface area contributed by atoms with Crippen LogP contribution >= 0.6 is 11.3 Å². The highest BCUT2D eigenvalue weighted by Crippen LogP contribution is 2.30. The summed E-state index contributed by atoms with van der Waals surface area (Å²) in [6, 6.07) is 12.8. The van der Waals surface area contributed by atoms with Crippen molar-refractivity contribution >= 4 is 27.5 Å². The van der Waals surface area contributed by atoms with Crippen molar-refractivity contribution in [2.24, 2.45) is 0 Å². The Balaban J connectivity index is 1.57. The number of carbonyl (C=O) groups excluding carboxylic acids is 1. The lowest BCUT2D eigenvalue weighted by Crippen LogP contribution is -2.29. The highest BCUT2D eigenvalue weighted by atomic mass is 32.1. The van der Waals surface area contributed by atoms with Crippen molar-refractivity contribution in [2.75, 3.05) is 7.05 Å². The normalized spacial score (nSPS) is 12.4. The van der Waals surface area contributed by atoms with Gasteiger partial charge in [-0.25, -0.2) is 4.98 Å². The first kappa shape index (κ1) is 15.6. The molecule has 1 atom stereocenters. The Morgan fingerprint density at radius 3 is 2.80 bits per heavy atom. The maximum absolute atomic E-state index is 12.7. The molecular weight excluding hydrogens is 338 g/mol. The third-order valence-electron chi connectivity index (χ3n) is 4.06. The van der Waals surface area contributed by atoms with Gasteiger partial charge in [0.1, 0.15) is 5.01 Å². The smallest absolute Gasteiger partial charge is 0.276 e. The molecule has 0 saturated carbocycles. The van der Waals surface area contributed by atoms with Crippen molar-refractivity contribution in [2.45, 2.75) is 13.0 Å². The highest BCUT2D eigenvalue weighted by Gasteiger charge is 2.25. The zero-order valence-corrected chi connectivity index (χ0v) is 14.5. The van der Waals surface area contributed by atoms with E-state index in [0.717, 1.165) is 15.2 Å². The van der Waals surface area contributed by atoms with Crippen LogP contribution in [-0.2, 0) is 0 Å². The number of hydrogen-bond donors (Lipinski definition) is 0. The summed E-state index contributed by atoms with van der Waals surface area (Å²) in [7, 11) is 1.74. The molecular formula is C18H15N3O3S. The molecule has 0 radical (unpaired) electrons. The molecule has 1 unspecified atom stereocenters. The predicted molar refractivity (Wildman–Crippen MR) is 94.3 cm³/mol. The monoisotopic (exact) mass is 353 g/mol. The minimum absolute atomic E-state index is 0.173. The average Bonchev–Trinajstić information content (AvgIpc) is 3.38. The van der Waals surface area contributed by atoms with Crippen LogP contribution in [0.5, 0.6) is 0 Å². The quantitative estimate of drug-likeness (QED) is 0.544. The van der Waals surface area contributed by atoms with Crippen LogP contribution < -0.4 is 0 Å². The molecule has 0 aliphatic heterocycles. The van der Waals surface area contributed by atoms with Gasteiger partial charge in [0.05, 0.1) is 22.5 Å². The van der Waals surface area contributed by atoms with Gasteiger partial charge in [-0.2, -0.15) is 0 Å². The molecule has 0 spiro atoms. The number of carbonyl (C=O) groups is 1. The Hall–Kier alpha value is -2.93. The standard InChI is InChI=1S/C18H15N3O3S/c1-11(17-19-12-6-3-4-8-16(12)25-17)21(2)18(22)13-10-15(24-20-13)14-7-5-9-23-14/h3-11H,1-2H3. The lowest BCUT2D eigenvalue weighted by atomic mass is 10.2. The number of nitrogens with zero attached hydrogens (tertiary/aromatic N) is 3. The van der Waals surface area contributed by atoms with Crippen LogP contribution in [0, 0.1) is 0 Å². The number of furan rings is 1. The first-order chi connectivity index (χ1) is 12.1. The third-order valence-corrected chi connectivity index (χ3v) is 5.27. The fraction of sp³-hybridized carbons (Fsp3) is 0.167. The van der Waals surface area contributed by atoms with Crippen molar-refractivity contribution in [3.05, 3.63) is 59.4 Å². The van der Waals surface area contributed by atoms with Gasteiger partial charge in [0.2, 0.25) is 5.76 Å². The van der Waals surface area contributed by atoms with Crippen molar-refractivity contribution in [1.29, 1.82) is 0 Å². The fourth-order valence-electron chi connectivity index (χ4n) is 2.50. The second-order valence-electron chi connectivity index (χ2n) is 5.67. The number of aromatic nitrogens is 2. The first-order valence-electron chi connectivity index (χ1n) is 7.76. The van der Waals surface area contributed by atoms with E-state index >= 15 is 0 Å². The Morgan fingerprint density at radius 2 is 2.04 bits per heavy atom. The van der Waals surface area contributed by atoms with E-state index in [1.54, 1.807) is 47.7 Å². The summed E-state index contributed by atoms with van der Waals surface area (Å²) in [4.78, 5) is 18.9. The van der Waals surface area contributed by atoms with E-state index in [1.165, 1.54) is 0 Å². The van der Waals surface area contributed by atoms with Crippen LogP contribution in [0.2, 0.25) is 0 Å². The average molecular weight is 353 g/mol.